The molecule has 0 spiro atoms. The quantitative estimate of drug-likeness (QED) is 0.547. The number of nitrogens with zero attached hydrogens (tertiary/aromatic N) is 2. The first-order valence-electron chi connectivity index (χ1n) is 6.60. The van der Waals surface area contributed by atoms with Gasteiger partial charge < -0.3 is 20.7 Å². The number of hydrogen-bond donors (Lipinski definition) is 3. The molecule has 8 nitrogen and oxygen atoms in total. The van der Waals surface area contributed by atoms with Gasteiger partial charge in [-0.3, -0.25) is 0 Å². The summed E-state index contributed by atoms with van der Waals surface area (Å²) < 4.78 is 0.468. The lowest BCUT2D eigenvalue weighted by molar-refractivity contribution is -0.605. The van der Waals surface area contributed by atoms with Crippen molar-refractivity contribution in [2.45, 2.75) is 19.3 Å². The zero-order chi connectivity index (χ0) is 17.1. The Hall–Kier alpha value is -3.34. The van der Waals surface area contributed by atoms with Crippen molar-refractivity contribution in [2.75, 3.05) is 0 Å². The molecule has 2 rings (SSSR count). The lowest BCUT2D eigenvalue weighted by Crippen LogP contribution is -2.33. The molecule has 2 heterocycles. The number of nitriles is 1. The zero-order valence-electron chi connectivity index (χ0n) is 12.1. The van der Waals surface area contributed by atoms with Crippen molar-refractivity contribution >= 4 is 11.9 Å². The van der Waals surface area contributed by atoms with Crippen LogP contribution in [0.4, 0.5) is 0 Å². The highest BCUT2D eigenvalue weighted by atomic mass is 16.5. The topological polar surface area (TPSA) is 137 Å². The van der Waals surface area contributed by atoms with Crippen LogP contribution in [0.3, 0.4) is 0 Å². The summed E-state index contributed by atoms with van der Waals surface area (Å²) in [5, 5.41) is 42.0. The monoisotopic (exact) mass is 315 g/mol. The molecule has 1 aromatic heterocycles. The van der Waals surface area contributed by atoms with Gasteiger partial charge in [0.05, 0.1) is 29.6 Å². The zero-order valence-corrected chi connectivity index (χ0v) is 12.1. The molecule has 1 aliphatic rings. The first kappa shape index (κ1) is 16.0. The van der Waals surface area contributed by atoms with Crippen molar-refractivity contribution < 1.29 is 24.5 Å². The summed E-state index contributed by atoms with van der Waals surface area (Å²) in [6.45, 7) is 1.49. The summed E-state index contributed by atoms with van der Waals surface area (Å²) in [4.78, 5) is 23.3. The van der Waals surface area contributed by atoms with Crippen LogP contribution in [0, 0.1) is 16.5 Å². The molecule has 0 amide bonds. The van der Waals surface area contributed by atoms with Crippen LogP contribution in [-0.2, 0) is 9.59 Å². The molecule has 0 saturated heterocycles. The molecular formula is C15H13N3O5. The normalized spacial score (nSPS) is 17.5. The molecule has 0 bridgehead atoms. The average Bonchev–Trinajstić information content (AvgIpc) is 2.45. The van der Waals surface area contributed by atoms with Gasteiger partial charge in [-0.15, -0.1) is 0 Å². The highest BCUT2D eigenvalue weighted by Crippen LogP contribution is 2.38. The molecule has 1 atom stereocenters. The third-order valence-corrected chi connectivity index (χ3v) is 3.49. The third kappa shape index (κ3) is 2.98. The average molecular weight is 315 g/mol. The van der Waals surface area contributed by atoms with Crippen LogP contribution in [-0.4, -0.2) is 22.2 Å². The molecule has 23 heavy (non-hydrogen) atoms. The Balaban J connectivity index is 2.74. The van der Waals surface area contributed by atoms with Gasteiger partial charge in [-0.05, 0) is 13.0 Å². The first-order valence-corrected chi connectivity index (χ1v) is 6.60. The number of pyridine rings is 1. The Kier molecular flexibility index (Phi) is 4.32. The maximum Gasteiger partial charge on any atom is 0.334 e. The summed E-state index contributed by atoms with van der Waals surface area (Å²) in [6, 6.07) is 4.73. The molecular weight excluding hydrogens is 302 g/mol. The molecule has 0 saturated carbocycles. The smallest absolute Gasteiger partial charge is 0.334 e. The van der Waals surface area contributed by atoms with E-state index >= 15 is 0 Å². The van der Waals surface area contributed by atoms with Crippen LogP contribution >= 0.6 is 0 Å². The standard InChI is InChI=1S/C15H13N3O5/c1-8-11(14(19)20)12(9-3-2-6-18(23)7-9)13(15(21)22)10(17-8)4-5-16/h2-3,6-7,12,17H,4H2,1H3,(H,19,20)(H,21,22). The minimum atomic E-state index is -1.35. The Morgan fingerprint density at radius 1 is 1.39 bits per heavy atom. The molecule has 8 heteroatoms. The number of carboxylic acids is 2. The van der Waals surface area contributed by atoms with Crippen molar-refractivity contribution in [3.63, 3.8) is 0 Å². The lowest BCUT2D eigenvalue weighted by atomic mass is 9.80. The molecule has 1 unspecified atom stereocenters. The van der Waals surface area contributed by atoms with E-state index in [-0.39, 0.29) is 34.5 Å². The van der Waals surface area contributed by atoms with Crippen molar-refractivity contribution in [1.82, 2.24) is 5.32 Å². The number of nitrogens with one attached hydrogen (secondary N) is 1. The Morgan fingerprint density at radius 2 is 2.04 bits per heavy atom. The van der Waals surface area contributed by atoms with E-state index < -0.39 is 17.9 Å². The molecule has 3 N–H and O–H groups in total. The largest absolute Gasteiger partial charge is 0.619 e. The number of rotatable bonds is 4. The van der Waals surface area contributed by atoms with E-state index in [1.165, 1.54) is 25.3 Å². The van der Waals surface area contributed by atoms with Gasteiger partial charge in [0.2, 0.25) is 0 Å². The predicted molar refractivity (Wildman–Crippen MR) is 76.5 cm³/mol. The van der Waals surface area contributed by atoms with E-state index in [1.54, 1.807) is 0 Å². The second-order valence-electron chi connectivity index (χ2n) is 4.93. The van der Waals surface area contributed by atoms with E-state index in [2.05, 4.69) is 5.32 Å². The van der Waals surface area contributed by atoms with Gasteiger partial charge in [-0.2, -0.15) is 9.99 Å². The minimum absolute atomic E-state index is 0.119. The van der Waals surface area contributed by atoms with E-state index in [0.29, 0.717) is 4.73 Å². The summed E-state index contributed by atoms with van der Waals surface area (Å²) in [5.74, 6) is -3.78. The SMILES string of the molecule is CC1=C(C(=O)O)C(c2ccc[n+]([O-])c2)C(C(=O)O)=C(CC#N)N1. The molecule has 1 aromatic rings. The Morgan fingerprint density at radius 3 is 2.57 bits per heavy atom. The van der Waals surface area contributed by atoms with E-state index in [1.807, 2.05) is 6.07 Å². The number of aliphatic carboxylic acids is 2. The van der Waals surface area contributed by atoms with Gasteiger partial charge in [0.15, 0.2) is 12.4 Å². The Labute approximate surface area is 131 Å². The van der Waals surface area contributed by atoms with Gasteiger partial charge in [0.1, 0.15) is 0 Å². The van der Waals surface area contributed by atoms with Crippen molar-refractivity contribution in [2.24, 2.45) is 0 Å². The molecule has 0 aliphatic carbocycles. The van der Waals surface area contributed by atoms with E-state index in [4.69, 9.17) is 5.26 Å². The first-order chi connectivity index (χ1) is 10.9. The summed E-state index contributed by atoms with van der Waals surface area (Å²) >= 11 is 0. The molecule has 118 valence electrons. The highest BCUT2D eigenvalue weighted by molar-refractivity contribution is 5.98. The van der Waals surface area contributed by atoms with Crippen LogP contribution in [0.5, 0.6) is 0 Å². The molecule has 0 aromatic carbocycles. The lowest BCUT2D eigenvalue weighted by Gasteiger charge is -2.28. The number of aromatic nitrogens is 1. The number of hydrogen-bond acceptors (Lipinski definition) is 5. The van der Waals surface area contributed by atoms with E-state index in [9.17, 15) is 25.0 Å². The van der Waals surface area contributed by atoms with Gasteiger partial charge in [-0.1, -0.05) is 0 Å². The fraction of sp³-hybridized carbons (Fsp3) is 0.200. The van der Waals surface area contributed by atoms with E-state index in [0.717, 1.165) is 6.20 Å². The fourth-order valence-electron chi connectivity index (χ4n) is 2.63. The predicted octanol–water partition coefficient (Wildman–Crippen LogP) is 0.618. The molecule has 1 aliphatic heterocycles. The second kappa shape index (κ2) is 6.19. The van der Waals surface area contributed by atoms with Gasteiger partial charge in [0, 0.05) is 23.0 Å². The van der Waals surface area contributed by atoms with Crippen molar-refractivity contribution in [1.29, 1.82) is 5.26 Å². The highest BCUT2D eigenvalue weighted by Gasteiger charge is 2.38. The summed E-state index contributed by atoms with van der Waals surface area (Å²) in [7, 11) is 0. The number of carboxylic acid groups (broad SMARTS) is 2. The molecule has 0 radical (unpaired) electrons. The van der Waals surface area contributed by atoms with Gasteiger partial charge >= 0.3 is 11.9 Å². The van der Waals surface area contributed by atoms with Crippen molar-refractivity contribution in [3.8, 4) is 6.07 Å². The third-order valence-electron chi connectivity index (χ3n) is 3.49. The Bertz CT molecular complexity index is 789. The minimum Gasteiger partial charge on any atom is -0.619 e. The summed E-state index contributed by atoms with van der Waals surface area (Å²) in [6.07, 6.45) is 2.12. The maximum atomic E-state index is 11.7. The van der Waals surface area contributed by atoms with Crippen LogP contribution in [0.25, 0.3) is 0 Å². The summed E-state index contributed by atoms with van der Waals surface area (Å²) in [5.41, 5.74) is 0.164. The number of allylic oxidation sites excluding steroid dienone is 2. The van der Waals surface area contributed by atoms with Crippen LogP contribution < -0.4 is 10.0 Å². The fourth-order valence-corrected chi connectivity index (χ4v) is 2.63. The van der Waals surface area contributed by atoms with Crippen molar-refractivity contribution in [3.05, 3.63) is 57.8 Å². The maximum absolute atomic E-state index is 11.7. The second-order valence-corrected chi connectivity index (χ2v) is 4.93. The number of dihydropyridines is 1. The van der Waals surface area contributed by atoms with Crippen LogP contribution in [0.1, 0.15) is 24.8 Å². The van der Waals surface area contributed by atoms with Gasteiger partial charge in [-0.25, -0.2) is 9.59 Å². The number of carbonyl (C=O) groups is 2. The van der Waals surface area contributed by atoms with Gasteiger partial charge in [0.25, 0.3) is 0 Å². The molecule has 0 fully saturated rings. The van der Waals surface area contributed by atoms with Crippen LogP contribution in [0.15, 0.2) is 47.1 Å². The van der Waals surface area contributed by atoms with Crippen LogP contribution in [0.2, 0.25) is 0 Å².